The van der Waals surface area contributed by atoms with Crippen LogP contribution in [0.4, 0.5) is 5.69 Å². The van der Waals surface area contributed by atoms with Crippen LogP contribution < -0.4 is 10.2 Å². The number of amides is 1. The van der Waals surface area contributed by atoms with Gasteiger partial charge >= 0.3 is 0 Å². The Morgan fingerprint density at radius 3 is 2.62 bits per heavy atom. The van der Waals surface area contributed by atoms with E-state index in [0.29, 0.717) is 34.4 Å². The van der Waals surface area contributed by atoms with Gasteiger partial charge in [0, 0.05) is 25.3 Å². The van der Waals surface area contributed by atoms with Gasteiger partial charge in [-0.15, -0.1) is 11.8 Å². The fourth-order valence-electron chi connectivity index (χ4n) is 3.14. The van der Waals surface area contributed by atoms with Crippen LogP contribution in [0.25, 0.3) is 11.6 Å². The summed E-state index contributed by atoms with van der Waals surface area (Å²) in [5.41, 5.74) is 2.37. The molecule has 3 rings (SSSR count). The van der Waals surface area contributed by atoms with E-state index in [0.717, 1.165) is 19.5 Å². The van der Waals surface area contributed by atoms with Crippen LogP contribution in [0.2, 0.25) is 0 Å². The minimum atomic E-state index is -0.138. The lowest BCUT2D eigenvalue weighted by Crippen LogP contribution is -2.30. The average Bonchev–Trinajstić information content (AvgIpc) is 3.28. The normalized spacial score (nSPS) is 10.7. The van der Waals surface area contributed by atoms with Crippen LogP contribution in [-0.4, -0.2) is 41.8 Å². The number of carbonyl (C=O) groups excluding carboxylic acids is 1. The third-order valence-corrected chi connectivity index (χ3v) is 5.29. The van der Waals surface area contributed by atoms with Gasteiger partial charge < -0.3 is 14.6 Å². The molecule has 0 radical (unpaired) electrons. The van der Waals surface area contributed by atoms with Crippen LogP contribution in [0.1, 0.15) is 29.4 Å². The first-order valence-electron chi connectivity index (χ1n) is 9.68. The number of thioether (sulfide) groups is 1. The van der Waals surface area contributed by atoms with Gasteiger partial charge in [-0.05, 0) is 50.8 Å². The molecule has 0 atom stereocenters. The van der Waals surface area contributed by atoms with Gasteiger partial charge in [-0.2, -0.15) is 0 Å². The molecule has 2 heterocycles. The lowest BCUT2D eigenvalue weighted by atomic mass is 10.2. The van der Waals surface area contributed by atoms with Crippen molar-refractivity contribution in [3.63, 3.8) is 0 Å². The Labute approximate surface area is 175 Å². The van der Waals surface area contributed by atoms with Crippen molar-refractivity contribution >= 4 is 23.4 Å². The van der Waals surface area contributed by atoms with Gasteiger partial charge in [-0.25, -0.2) is 9.97 Å². The Morgan fingerprint density at radius 2 is 1.97 bits per heavy atom. The first-order chi connectivity index (χ1) is 14.1. The van der Waals surface area contributed by atoms with Crippen molar-refractivity contribution in [3.05, 3.63) is 60.0 Å². The molecule has 0 aliphatic carbocycles. The fourth-order valence-corrected chi connectivity index (χ4v) is 3.76. The predicted octanol–water partition coefficient (Wildman–Crippen LogP) is 4.41. The smallest absolute Gasteiger partial charge is 0.255 e. The Bertz CT molecular complexity index is 929. The number of furan rings is 1. The molecule has 0 aliphatic heterocycles. The zero-order valence-corrected chi connectivity index (χ0v) is 17.8. The topological polar surface area (TPSA) is 71.3 Å². The van der Waals surface area contributed by atoms with Gasteiger partial charge in [0.2, 0.25) is 0 Å². The van der Waals surface area contributed by atoms with Crippen LogP contribution in [0, 0.1) is 6.92 Å². The second-order valence-corrected chi connectivity index (χ2v) is 7.31. The van der Waals surface area contributed by atoms with Crippen molar-refractivity contribution in [1.82, 2.24) is 15.3 Å². The Balaban J connectivity index is 1.62. The summed E-state index contributed by atoms with van der Waals surface area (Å²) in [4.78, 5) is 24.1. The molecule has 0 saturated carbocycles. The third-order valence-electron chi connectivity index (χ3n) is 4.61. The highest BCUT2D eigenvalue weighted by molar-refractivity contribution is 7.98. The predicted molar refractivity (Wildman–Crippen MR) is 118 cm³/mol. The van der Waals surface area contributed by atoms with E-state index in [1.807, 2.05) is 37.4 Å². The van der Waals surface area contributed by atoms with E-state index < -0.39 is 0 Å². The molecular formula is C22H26N4O2S. The van der Waals surface area contributed by atoms with Gasteiger partial charge in [-0.3, -0.25) is 4.79 Å². The van der Waals surface area contributed by atoms with E-state index in [1.54, 1.807) is 12.3 Å². The molecule has 7 heteroatoms. The summed E-state index contributed by atoms with van der Waals surface area (Å²) >= 11 is 1.43. The van der Waals surface area contributed by atoms with Gasteiger partial charge in [-0.1, -0.05) is 18.2 Å². The summed E-state index contributed by atoms with van der Waals surface area (Å²) in [7, 11) is 0. The highest BCUT2D eigenvalue weighted by Gasteiger charge is 2.19. The minimum Gasteiger partial charge on any atom is -0.461 e. The van der Waals surface area contributed by atoms with Gasteiger partial charge in [0.05, 0.1) is 17.5 Å². The van der Waals surface area contributed by atoms with Crippen LogP contribution >= 0.6 is 11.8 Å². The number of carbonyl (C=O) groups is 1. The van der Waals surface area contributed by atoms with Crippen molar-refractivity contribution < 1.29 is 9.21 Å². The molecule has 0 aliphatic rings. The van der Waals surface area contributed by atoms with Crippen LogP contribution in [0.5, 0.6) is 0 Å². The molecular weight excluding hydrogens is 384 g/mol. The van der Waals surface area contributed by atoms with Crippen molar-refractivity contribution in [2.24, 2.45) is 0 Å². The molecule has 0 fully saturated rings. The first kappa shape index (κ1) is 20.9. The fraction of sp³-hybridized carbons (Fsp3) is 0.318. The number of aryl methyl sites for hydroxylation is 1. The number of anilines is 1. The monoisotopic (exact) mass is 410 g/mol. The second kappa shape index (κ2) is 10.1. The quantitative estimate of drug-likeness (QED) is 0.320. The van der Waals surface area contributed by atoms with Gasteiger partial charge in [0.25, 0.3) is 5.91 Å². The van der Waals surface area contributed by atoms with Crippen LogP contribution in [0.15, 0.2) is 58.2 Å². The molecule has 152 valence electrons. The molecule has 0 spiro atoms. The van der Waals surface area contributed by atoms with E-state index in [9.17, 15) is 4.79 Å². The largest absolute Gasteiger partial charge is 0.461 e. The lowest BCUT2D eigenvalue weighted by molar-refractivity contribution is 0.0948. The highest BCUT2D eigenvalue weighted by Crippen LogP contribution is 2.25. The summed E-state index contributed by atoms with van der Waals surface area (Å²) in [5.74, 6) is 0.950. The number of nitrogens with one attached hydrogen (secondary N) is 1. The minimum absolute atomic E-state index is 0.138. The molecule has 6 nitrogen and oxygen atoms in total. The van der Waals surface area contributed by atoms with E-state index in [2.05, 4.69) is 39.2 Å². The number of hydrogen-bond donors (Lipinski definition) is 1. The summed E-state index contributed by atoms with van der Waals surface area (Å²) in [6.45, 7) is 6.36. The van der Waals surface area contributed by atoms with E-state index in [1.165, 1.54) is 17.4 Å². The maximum Gasteiger partial charge on any atom is 0.255 e. The standard InChI is InChI=1S/C22H26N4O2S/c1-4-26(17-10-6-5-7-11-17)14-9-13-23-21(27)19-16(2)24-20(25-22(19)29-3)18-12-8-15-28-18/h5-8,10-12,15H,4,9,13-14H2,1-3H3,(H,23,27). The number of para-hydroxylation sites is 1. The molecule has 1 aromatic carbocycles. The third kappa shape index (κ3) is 5.17. The van der Waals surface area contributed by atoms with Crippen LogP contribution in [0.3, 0.4) is 0 Å². The van der Waals surface area contributed by atoms with E-state index in [-0.39, 0.29) is 5.91 Å². The first-order valence-corrected chi connectivity index (χ1v) is 10.9. The maximum absolute atomic E-state index is 12.8. The maximum atomic E-state index is 12.8. The van der Waals surface area contributed by atoms with Gasteiger partial charge in [0.1, 0.15) is 5.03 Å². The molecule has 3 aromatic rings. The molecule has 1 N–H and O–H groups in total. The second-order valence-electron chi connectivity index (χ2n) is 6.52. The van der Waals surface area contributed by atoms with Crippen molar-refractivity contribution in [2.75, 3.05) is 30.8 Å². The SMILES string of the molecule is CCN(CCCNC(=O)c1c(C)nc(-c2ccco2)nc1SC)c1ccccc1. The average molecular weight is 411 g/mol. The number of nitrogens with zero attached hydrogens (tertiary/aromatic N) is 3. The molecule has 0 unspecified atom stereocenters. The molecule has 2 aromatic heterocycles. The zero-order valence-electron chi connectivity index (χ0n) is 17.0. The summed E-state index contributed by atoms with van der Waals surface area (Å²) in [5, 5.41) is 3.67. The molecule has 0 saturated heterocycles. The molecule has 29 heavy (non-hydrogen) atoms. The number of aromatic nitrogens is 2. The molecule has 1 amide bonds. The van der Waals surface area contributed by atoms with E-state index in [4.69, 9.17) is 4.42 Å². The van der Waals surface area contributed by atoms with E-state index >= 15 is 0 Å². The summed E-state index contributed by atoms with van der Waals surface area (Å²) in [6.07, 6.45) is 4.35. The van der Waals surface area contributed by atoms with Crippen LogP contribution in [-0.2, 0) is 0 Å². The number of rotatable bonds is 9. The van der Waals surface area contributed by atoms with Gasteiger partial charge in [0.15, 0.2) is 11.6 Å². The Kier molecular flexibility index (Phi) is 7.30. The Morgan fingerprint density at radius 1 is 1.17 bits per heavy atom. The van der Waals surface area contributed by atoms with Crippen molar-refractivity contribution in [1.29, 1.82) is 0 Å². The lowest BCUT2D eigenvalue weighted by Gasteiger charge is -2.23. The highest BCUT2D eigenvalue weighted by atomic mass is 32.2. The van der Waals surface area contributed by atoms with Crippen molar-refractivity contribution in [2.45, 2.75) is 25.3 Å². The Hall–Kier alpha value is -2.80. The summed E-state index contributed by atoms with van der Waals surface area (Å²) in [6, 6.07) is 13.9. The summed E-state index contributed by atoms with van der Waals surface area (Å²) < 4.78 is 5.38. The number of benzene rings is 1. The number of hydrogen-bond acceptors (Lipinski definition) is 6. The van der Waals surface area contributed by atoms with Crippen molar-refractivity contribution in [3.8, 4) is 11.6 Å². The zero-order chi connectivity index (χ0) is 20.6. The molecule has 0 bridgehead atoms.